The van der Waals surface area contributed by atoms with Crippen molar-refractivity contribution in [3.05, 3.63) is 36.5 Å². The maximum atomic E-state index is 4.73. The van der Waals surface area contributed by atoms with Crippen LogP contribution >= 0.6 is 11.9 Å². The summed E-state index contributed by atoms with van der Waals surface area (Å²) in [5.41, 5.74) is 2.81. The molecule has 24 heavy (non-hydrogen) atoms. The number of anilines is 1. The molecular weight excluding hydrogens is 320 g/mol. The highest BCUT2D eigenvalue weighted by Gasteiger charge is 2.21. The Labute approximate surface area is 145 Å². The summed E-state index contributed by atoms with van der Waals surface area (Å²) in [4.78, 5) is 19.4. The molecule has 4 rings (SSSR count). The normalized spacial score (nSPS) is 16.0. The van der Waals surface area contributed by atoms with Gasteiger partial charge in [0.05, 0.1) is 11.0 Å². The zero-order chi connectivity index (χ0) is 16.4. The van der Waals surface area contributed by atoms with Gasteiger partial charge in [0, 0.05) is 25.3 Å². The van der Waals surface area contributed by atoms with Crippen molar-refractivity contribution in [3.63, 3.8) is 0 Å². The maximum Gasteiger partial charge on any atom is 0.225 e. The van der Waals surface area contributed by atoms with Crippen LogP contribution in [-0.4, -0.2) is 45.3 Å². The van der Waals surface area contributed by atoms with E-state index in [1.807, 2.05) is 36.5 Å². The minimum atomic E-state index is 0.579. The lowest BCUT2D eigenvalue weighted by atomic mass is 10.1. The van der Waals surface area contributed by atoms with Crippen LogP contribution in [0.3, 0.4) is 0 Å². The van der Waals surface area contributed by atoms with E-state index in [0.29, 0.717) is 6.04 Å². The predicted octanol–water partition coefficient (Wildman–Crippen LogP) is 2.86. The van der Waals surface area contributed by atoms with Crippen LogP contribution in [0.2, 0.25) is 0 Å². The molecule has 0 spiro atoms. The van der Waals surface area contributed by atoms with Gasteiger partial charge in [-0.3, -0.25) is 4.72 Å². The van der Waals surface area contributed by atoms with Crippen LogP contribution in [0, 0.1) is 0 Å². The van der Waals surface area contributed by atoms with Crippen molar-refractivity contribution in [2.75, 3.05) is 24.2 Å². The van der Waals surface area contributed by atoms with E-state index in [-0.39, 0.29) is 0 Å². The minimum absolute atomic E-state index is 0.579. The molecule has 3 aromatic rings. The molecule has 0 atom stereocenters. The van der Waals surface area contributed by atoms with Crippen molar-refractivity contribution in [1.82, 2.24) is 24.7 Å². The van der Waals surface area contributed by atoms with Crippen molar-refractivity contribution in [2.45, 2.75) is 18.9 Å². The molecule has 0 aliphatic carbocycles. The van der Waals surface area contributed by atoms with Gasteiger partial charge in [-0.05, 0) is 37.3 Å². The third-order valence-corrected chi connectivity index (χ3v) is 4.91. The third kappa shape index (κ3) is 3.09. The SMILES string of the molecule is CSNC1CCN(c2nccc(-c3nc4ccccc4[nH]3)n2)CC1. The Kier molecular flexibility index (Phi) is 4.36. The molecule has 7 heteroatoms. The zero-order valence-electron chi connectivity index (χ0n) is 13.6. The Morgan fingerprint density at radius 2 is 2.00 bits per heavy atom. The van der Waals surface area contributed by atoms with E-state index in [4.69, 9.17) is 4.98 Å². The first kappa shape index (κ1) is 15.4. The smallest absolute Gasteiger partial charge is 0.225 e. The number of hydrogen-bond donors (Lipinski definition) is 2. The molecule has 1 fully saturated rings. The van der Waals surface area contributed by atoms with Gasteiger partial charge < -0.3 is 9.88 Å². The summed E-state index contributed by atoms with van der Waals surface area (Å²) in [6.45, 7) is 1.95. The second-order valence-electron chi connectivity index (χ2n) is 5.93. The van der Waals surface area contributed by atoms with E-state index in [9.17, 15) is 0 Å². The van der Waals surface area contributed by atoms with Gasteiger partial charge in [-0.2, -0.15) is 0 Å². The number of fused-ring (bicyclic) bond motifs is 1. The summed E-state index contributed by atoms with van der Waals surface area (Å²) in [5.74, 6) is 1.58. The number of para-hydroxylation sites is 2. The zero-order valence-corrected chi connectivity index (χ0v) is 14.4. The Hall–Kier alpha value is -2.12. The number of H-pyrrole nitrogens is 1. The molecule has 1 aliphatic heterocycles. The van der Waals surface area contributed by atoms with Crippen molar-refractivity contribution in [2.24, 2.45) is 0 Å². The van der Waals surface area contributed by atoms with Crippen molar-refractivity contribution in [3.8, 4) is 11.5 Å². The maximum absolute atomic E-state index is 4.73. The quantitative estimate of drug-likeness (QED) is 0.712. The lowest BCUT2D eigenvalue weighted by Gasteiger charge is -2.32. The molecule has 0 saturated carbocycles. The van der Waals surface area contributed by atoms with Gasteiger partial charge in [-0.15, -0.1) is 0 Å². The summed E-state index contributed by atoms with van der Waals surface area (Å²) < 4.78 is 3.44. The van der Waals surface area contributed by atoms with E-state index in [1.165, 1.54) is 0 Å². The molecule has 0 unspecified atom stereocenters. The molecule has 1 aromatic carbocycles. The van der Waals surface area contributed by atoms with Crippen molar-refractivity contribution >= 4 is 28.9 Å². The second kappa shape index (κ2) is 6.78. The van der Waals surface area contributed by atoms with Gasteiger partial charge in [0.1, 0.15) is 5.69 Å². The second-order valence-corrected chi connectivity index (χ2v) is 6.57. The average Bonchev–Trinajstić information content (AvgIpc) is 3.07. The van der Waals surface area contributed by atoms with Gasteiger partial charge >= 0.3 is 0 Å². The number of nitrogens with one attached hydrogen (secondary N) is 2. The highest BCUT2D eigenvalue weighted by molar-refractivity contribution is 7.96. The fourth-order valence-corrected chi connectivity index (χ4v) is 3.64. The summed E-state index contributed by atoms with van der Waals surface area (Å²) in [6, 6.07) is 10.5. The van der Waals surface area contributed by atoms with E-state index >= 15 is 0 Å². The highest BCUT2D eigenvalue weighted by Crippen LogP contribution is 2.22. The number of benzene rings is 1. The van der Waals surface area contributed by atoms with Gasteiger partial charge in [-0.25, -0.2) is 15.0 Å². The predicted molar refractivity (Wildman–Crippen MR) is 99.0 cm³/mol. The van der Waals surface area contributed by atoms with Crippen LogP contribution in [0.4, 0.5) is 5.95 Å². The molecule has 0 amide bonds. The number of aromatic nitrogens is 4. The van der Waals surface area contributed by atoms with Gasteiger partial charge in [0.15, 0.2) is 5.82 Å². The number of aromatic amines is 1. The molecule has 2 N–H and O–H groups in total. The molecule has 1 saturated heterocycles. The van der Waals surface area contributed by atoms with Crippen LogP contribution in [0.25, 0.3) is 22.6 Å². The minimum Gasteiger partial charge on any atom is -0.341 e. The topological polar surface area (TPSA) is 69.7 Å². The standard InChI is InChI=1S/C17H20N6S/c1-24-22-12-7-10-23(11-8-12)17-18-9-6-15(21-17)16-19-13-4-2-3-5-14(13)20-16/h2-6,9,12,22H,7-8,10-11H2,1H3,(H,19,20). The first-order valence-corrected chi connectivity index (χ1v) is 9.37. The molecule has 2 aromatic heterocycles. The number of nitrogens with zero attached hydrogens (tertiary/aromatic N) is 4. The molecule has 0 radical (unpaired) electrons. The number of rotatable bonds is 4. The molecule has 0 bridgehead atoms. The molecule has 124 valence electrons. The molecule has 1 aliphatic rings. The van der Waals surface area contributed by atoms with Crippen LogP contribution < -0.4 is 9.62 Å². The molecule has 3 heterocycles. The van der Waals surface area contributed by atoms with E-state index in [1.54, 1.807) is 11.9 Å². The van der Waals surface area contributed by atoms with Crippen LogP contribution in [0.1, 0.15) is 12.8 Å². The van der Waals surface area contributed by atoms with Crippen LogP contribution in [0.15, 0.2) is 36.5 Å². The fourth-order valence-electron chi connectivity index (χ4n) is 3.07. The van der Waals surface area contributed by atoms with Gasteiger partial charge in [-0.1, -0.05) is 24.1 Å². The lowest BCUT2D eigenvalue weighted by Crippen LogP contribution is -2.41. The Bertz CT molecular complexity index is 792. The van der Waals surface area contributed by atoms with E-state index < -0.39 is 0 Å². The van der Waals surface area contributed by atoms with Crippen LogP contribution in [-0.2, 0) is 0 Å². The third-order valence-electron chi connectivity index (χ3n) is 4.34. The highest BCUT2D eigenvalue weighted by atomic mass is 32.2. The molecular formula is C17H20N6S. The number of hydrogen-bond acceptors (Lipinski definition) is 6. The average molecular weight is 340 g/mol. The fraction of sp³-hybridized carbons (Fsp3) is 0.353. The van der Waals surface area contributed by atoms with E-state index in [0.717, 1.165) is 54.4 Å². The summed E-state index contributed by atoms with van der Waals surface area (Å²) in [5, 5.41) is 0. The van der Waals surface area contributed by atoms with Crippen molar-refractivity contribution < 1.29 is 0 Å². The number of imidazole rings is 1. The number of piperidine rings is 1. The summed E-state index contributed by atoms with van der Waals surface area (Å²) in [6.07, 6.45) is 6.11. The van der Waals surface area contributed by atoms with E-state index in [2.05, 4.69) is 30.8 Å². The van der Waals surface area contributed by atoms with Crippen LogP contribution in [0.5, 0.6) is 0 Å². The lowest BCUT2D eigenvalue weighted by molar-refractivity contribution is 0.474. The first-order valence-electron chi connectivity index (χ1n) is 8.15. The monoisotopic (exact) mass is 340 g/mol. The van der Waals surface area contributed by atoms with Gasteiger partial charge in [0.2, 0.25) is 5.95 Å². The summed E-state index contributed by atoms with van der Waals surface area (Å²) in [7, 11) is 0. The first-order chi connectivity index (χ1) is 11.8. The van der Waals surface area contributed by atoms with Gasteiger partial charge in [0.25, 0.3) is 0 Å². The molecule has 6 nitrogen and oxygen atoms in total. The Morgan fingerprint density at radius 1 is 1.17 bits per heavy atom. The largest absolute Gasteiger partial charge is 0.341 e. The summed E-state index contributed by atoms with van der Waals surface area (Å²) >= 11 is 1.69. The Balaban J connectivity index is 1.55. The Morgan fingerprint density at radius 3 is 2.79 bits per heavy atom. The van der Waals surface area contributed by atoms with Crippen molar-refractivity contribution in [1.29, 1.82) is 0 Å².